The van der Waals surface area contributed by atoms with Gasteiger partial charge in [-0.2, -0.15) is 0 Å². The highest BCUT2D eigenvalue weighted by Gasteiger charge is 2.06. The first kappa shape index (κ1) is 9.96. The molecule has 0 spiro atoms. The van der Waals surface area contributed by atoms with Crippen LogP contribution in [0.25, 0.3) is 17.0 Å². The Kier molecular flexibility index (Phi) is 2.14. The zero-order chi connectivity index (χ0) is 11.8. The molecule has 0 fully saturated rings. The Balaban J connectivity index is 2.18. The second-order valence-electron chi connectivity index (χ2n) is 3.95. The number of nitrogens with zero attached hydrogens (tertiary/aromatic N) is 3. The lowest BCUT2D eigenvalue weighted by molar-refractivity contribution is 0.628. The molecule has 0 unspecified atom stereocenters. The molecule has 0 saturated carbocycles. The Morgan fingerprint density at radius 1 is 1.18 bits per heavy atom. The van der Waals surface area contributed by atoms with Gasteiger partial charge in [0.1, 0.15) is 5.82 Å². The van der Waals surface area contributed by atoms with Crippen LogP contribution >= 0.6 is 0 Å². The minimum Gasteiger partial charge on any atom is -0.221 e. The summed E-state index contributed by atoms with van der Waals surface area (Å²) in [6.07, 6.45) is 1.85. The first-order valence-electron chi connectivity index (χ1n) is 5.31. The molecular formula is C13H10FN3. The van der Waals surface area contributed by atoms with Crippen molar-refractivity contribution in [2.24, 2.45) is 0 Å². The Morgan fingerprint density at radius 3 is 2.88 bits per heavy atom. The fraction of sp³-hybridized carbons (Fsp3) is 0.0769. The summed E-state index contributed by atoms with van der Waals surface area (Å²) in [6, 6.07) is 10.2. The van der Waals surface area contributed by atoms with Gasteiger partial charge in [-0.25, -0.2) is 13.9 Å². The number of pyridine rings is 1. The molecule has 0 radical (unpaired) electrons. The molecule has 0 atom stereocenters. The van der Waals surface area contributed by atoms with E-state index in [1.165, 1.54) is 12.1 Å². The third kappa shape index (κ3) is 1.78. The summed E-state index contributed by atoms with van der Waals surface area (Å²) in [5, 5.41) is 4.30. The number of hydrogen-bond acceptors (Lipinski definition) is 2. The van der Waals surface area contributed by atoms with Gasteiger partial charge < -0.3 is 0 Å². The normalized spacial score (nSPS) is 10.9. The van der Waals surface area contributed by atoms with Gasteiger partial charge >= 0.3 is 0 Å². The van der Waals surface area contributed by atoms with E-state index in [-0.39, 0.29) is 5.82 Å². The molecule has 3 nitrogen and oxygen atoms in total. The molecular weight excluding hydrogens is 217 g/mol. The van der Waals surface area contributed by atoms with E-state index in [4.69, 9.17) is 0 Å². The maximum absolute atomic E-state index is 13.1. The molecule has 1 aromatic carbocycles. The fourth-order valence-electron chi connectivity index (χ4n) is 1.73. The average molecular weight is 227 g/mol. The molecule has 84 valence electrons. The van der Waals surface area contributed by atoms with Gasteiger partial charge in [-0.1, -0.05) is 12.1 Å². The van der Waals surface area contributed by atoms with Crippen molar-refractivity contribution in [1.82, 2.24) is 14.6 Å². The second kappa shape index (κ2) is 3.66. The van der Waals surface area contributed by atoms with Gasteiger partial charge in [-0.15, -0.1) is 5.10 Å². The Bertz CT molecular complexity index is 688. The number of halogens is 1. The van der Waals surface area contributed by atoms with E-state index < -0.39 is 0 Å². The summed E-state index contributed by atoms with van der Waals surface area (Å²) < 4.78 is 14.8. The largest absolute Gasteiger partial charge is 0.221 e. The molecule has 4 heteroatoms. The number of rotatable bonds is 1. The maximum atomic E-state index is 13.1. The predicted octanol–water partition coefficient (Wildman–Crippen LogP) is 2.84. The van der Waals surface area contributed by atoms with Crippen LogP contribution in [0.2, 0.25) is 0 Å². The van der Waals surface area contributed by atoms with Gasteiger partial charge in [0.2, 0.25) is 0 Å². The number of benzene rings is 1. The van der Waals surface area contributed by atoms with E-state index >= 15 is 0 Å². The average Bonchev–Trinajstić information content (AvgIpc) is 2.72. The molecule has 0 amide bonds. The highest BCUT2D eigenvalue weighted by molar-refractivity contribution is 5.58. The number of aromatic nitrogens is 3. The Morgan fingerprint density at radius 2 is 2.06 bits per heavy atom. The van der Waals surface area contributed by atoms with Crippen molar-refractivity contribution in [2.45, 2.75) is 6.92 Å². The highest BCUT2D eigenvalue weighted by atomic mass is 19.1. The minimum atomic E-state index is -0.280. The van der Waals surface area contributed by atoms with E-state index in [0.29, 0.717) is 11.4 Å². The van der Waals surface area contributed by atoms with E-state index in [2.05, 4.69) is 10.1 Å². The quantitative estimate of drug-likeness (QED) is 0.640. The van der Waals surface area contributed by atoms with Crippen LogP contribution in [-0.4, -0.2) is 14.6 Å². The van der Waals surface area contributed by atoms with Crippen LogP contribution in [0.5, 0.6) is 0 Å². The van der Waals surface area contributed by atoms with Crippen LogP contribution in [0.1, 0.15) is 5.56 Å². The van der Waals surface area contributed by atoms with Crippen LogP contribution in [0.15, 0.2) is 42.6 Å². The second-order valence-corrected chi connectivity index (χ2v) is 3.95. The van der Waals surface area contributed by atoms with Crippen LogP contribution in [0, 0.1) is 12.7 Å². The van der Waals surface area contributed by atoms with Crippen molar-refractivity contribution >= 4 is 5.65 Å². The predicted molar refractivity (Wildman–Crippen MR) is 63.1 cm³/mol. The molecule has 0 aliphatic carbocycles. The molecule has 17 heavy (non-hydrogen) atoms. The molecule has 0 aliphatic heterocycles. The van der Waals surface area contributed by atoms with Crippen LogP contribution in [0.3, 0.4) is 0 Å². The summed E-state index contributed by atoms with van der Waals surface area (Å²) in [5.74, 6) is 0.257. The lowest BCUT2D eigenvalue weighted by Gasteiger charge is -1.93. The van der Waals surface area contributed by atoms with Crippen molar-refractivity contribution in [1.29, 1.82) is 0 Å². The van der Waals surface area contributed by atoms with Crippen molar-refractivity contribution in [3.63, 3.8) is 0 Å². The standard InChI is InChI=1S/C13H10FN3/c1-9-5-6-17-12(7-9)15-13(16-17)10-3-2-4-11(14)8-10/h2-8H,1H3. The van der Waals surface area contributed by atoms with E-state index in [1.807, 2.05) is 25.3 Å². The van der Waals surface area contributed by atoms with Crippen molar-refractivity contribution in [3.05, 3.63) is 54.0 Å². The van der Waals surface area contributed by atoms with Gasteiger partial charge in [0.05, 0.1) is 0 Å². The van der Waals surface area contributed by atoms with Crippen molar-refractivity contribution in [3.8, 4) is 11.4 Å². The molecule has 2 aromatic heterocycles. The Hall–Kier alpha value is -2.23. The maximum Gasteiger partial charge on any atom is 0.182 e. The molecule has 0 N–H and O–H groups in total. The van der Waals surface area contributed by atoms with E-state index in [1.54, 1.807) is 16.6 Å². The molecule has 0 bridgehead atoms. The minimum absolute atomic E-state index is 0.280. The first-order valence-corrected chi connectivity index (χ1v) is 5.31. The third-order valence-electron chi connectivity index (χ3n) is 2.58. The summed E-state index contributed by atoms with van der Waals surface area (Å²) in [5.41, 5.74) is 2.58. The van der Waals surface area contributed by atoms with Gasteiger partial charge in [-0.3, -0.25) is 0 Å². The first-order chi connectivity index (χ1) is 8.22. The molecule has 3 rings (SSSR count). The monoisotopic (exact) mass is 227 g/mol. The SMILES string of the molecule is Cc1ccn2nc(-c3cccc(F)c3)nc2c1. The summed E-state index contributed by atoms with van der Waals surface area (Å²) in [7, 11) is 0. The summed E-state index contributed by atoms with van der Waals surface area (Å²) in [6.45, 7) is 2.00. The lowest BCUT2D eigenvalue weighted by Crippen LogP contribution is -1.87. The van der Waals surface area contributed by atoms with Crippen LogP contribution in [-0.2, 0) is 0 Å². The highest BCUT2D eigenvalue weighted by Crippen LogP contribution is 2.17. The summed E-state index contributed by atoms with van der Waals surface area (Å²) >= 11 is 0. The number of fused-ring (bicyclic) bond motifs is 1. The Labute approximate surface area is 97.5 Å². The fourth-order valence-corrected chi connectivity index (χ4v) is 1.73. The lowest BCUT2D eigenvalue weighted by atomic mass is 10.2. The van der Waals surface area contributed by atoms with Crippen LogP contribution in [0.4, 0.5) is 4.39 Å². The smallest absolute Gasteiger partial charge is 0.182 e. The van der Waals surface area contributed by atoms with E-state index in [9.17, 15) is 4.39 Å². The molecule has 2 heterocycles. The number of aryl methyl sites for hydroxylation is 1. The van der Waals surface area contributed by atoms with Gasteiger partial charge in [-0.05, 0) is 36.8 Å². The zero-order valence-corrected chi connectivity index (χ0v) is 9.26. The molecule has 3 aromatic rings. The van der Waals surface area contributed by atoms with Crippen molar-refractivity contribution < 1.29 is 4.39 Å². The summed E-state index contributed by atoms with van der Waals surface area (Å²) in [4.78, 5) is 4.37. The molecule has 0 saturated heterocycles. The zero-order valence-electron chi connectivity index (χ0n) is 9.26. The van der Waals surface area contributed by atoms with E-state index in [0.717, 1.165) is 11.2 Å². The van der Waals surface area contributed by atoms with Gasteiger partial charge in [0.15, 0.2) is 11.5 Å². The van der Waals surface area contributed by atoms with Crippen LogP contribution < -0.4 is 0 Å². The van der Waals surface area contributed by atoms with Gasteiger partial charge in [0, 0.05) is 11.8 Å². The number of hydrogen-bond donors (Lipinski definition) is 0. The third-order valence-corrected chi connectivity index (χ3v) is 2.58. The molecule has 0 aliphatic rings. The van der Waals surface area contributed by atoms with Gasteiger partial charge in [0.25, 0.3) is 0 Å². The topological polar surface area (TPSA) is 30.2 Å². The van der Waals surface area contributed by atoms with Crippen molar-refractivity contribution in [2.75, 3.05) is 0 Å².